The average molecular weight is 279 g/mol. The Kier molecular flexibility index (Phi) is 5.58. The summed E-state index contributed by atoms with van der Waals surface area (Å²) >= 11 is 0. The average Bonchev–Trinajstić information content (AvgIpc) is 2.70. The van der Waals surface area contributed by atoms with E-state index in [1.54, 1.807) is 6.92 Å². The van der Waals surface area contributed by atoms with Crippen molar-refractivity contribution in [2.75, 3.05) is 13.1 Å². The van der Waals surface area contributed by atoms with Crippen LogP contribution in [-0.4, -0.2) is 35.4 Å². The van der Waals surface area contributed by atoms with E-state index in [0.717, 1.165) is 0 Å². The Balaban J connectivity index is 2.46. The van der Waals surface area contributed by atoms with E-state index in [-0.39, 0.29) is 19.0 Å². The summed E-state index contributed by atoms with van der Waals surface area (Å²) in [6.45, 7) is 3.91. The highest BCUT2D eigenvalue weighted by atomic mass is 19.4. The summed E-state index contributed by atoms with van der Waals surface area (Å²) in [4.78, 5) is 7.99. The molecule has 1 rings (SSSR count). The molecule has 19 heavy (non-hydrogen) atoms. The lowest BCUT2D eigenvalue weighted by atomic mass is 10.4. The zero-order valence-corrected chi connectivity index (χ0v) is 10.7. The third-order valence-electron chi connectivity index (χ3n) is 1.99. The first-order chi connectivity index (χ1) is 8.90. The maximum Gasteiger partial charge on any atom is 0.390 e. The molecule has 0 spiro atoms. The fourth-order valence-corrected chi connectivity index (χ4v) is 1.22. The number of hydrogen-bond donors (Lipinski definition) is 2. The molecular weight excluding hydrogens is 263 g/mol. The molecule has 6 nitrogen and oxygen atoms in total. The van der Waals surface area contributed by atoms with Gasteiger partial charge >= 0.3 is 6.18 Å². The Labute approximate surface area is 108 Å². The Morgan fingerprint density at radius 1 is 1.37 bits per heavy atom. The summed E-state index contributed by atoms with van der Waals surface area (Å²) in [5.41, 5.74) is 0. The maximum atomic E-state index is 12.0. The van der Waals surface area contributed by atoms with Gasteiger partial charge in [0.2, 0.25) is 5.89 Å². The molecule has 0 aliphatic heterocycles. The van der Waals surface area contributed by atoms with E-state index >= 15 is 0 Å². The van der Waals surface area contributed by atoms with Crippen LogP contribution in [0.3, 0.4) is 0 Å². The first-order valence-electron chi connectivity index (χ1n) is 5.79. The molecule has 0 amide bonds. The van der Waals surface area contributed by atoms with Crippen LogP contribution >= 0.6 is 0 Å². The first kappa shape index (κ1) is 15.3. The van der Waals surface area contributed by atoms with Gasteiger partial charge in [-0.15, -0.1) is 0 Å². The second kappa shape index (κ2) is 6.95. The number of halogens is 3. The van der Waals surface area contributed by atoms with Crippen LogP contribution in [0.4, 0.5) is 13.2 Å². The van der Waals surface area contributed by atoms with Gasteiger partial charge in [0.15, 0.2) is 11.8 Å². The van der Waals surface area contributed by atoms with Gasteiger partial charge < -0.3 is 15.2 Å². The number of nitrogens with one attached hydrogen (secondary N) is 2. The predicted molar refractivity (Wildman–Crippen MR) is 62.5 cm³/mol. The minimum absolute atomic E-state index is 0.113. The van der Waals surface area contributed by atoms with Gasteiger partial charge in [0.1, 0.15) is 6.54 Å². The Bertz CT molecular complexity index is 416. The zero-order valence-electron chi connectivity index (χ0n) is 10.7. The first-order valence-corrected chi connectivity index (χ1v) is 5.79. The predicted octanol–water partition coefficient (Wildman–Crippen LogP) is 1.39. The summed E-state index contributed by atoms with van der Waals surface area (Å²) in [6, 6.07) is 0. The third kappa shape index (κ3) is 6.63. The Hall–Kier alpha value is -1.80. The van der Waals surface area contributed by atoms with Crippen molar-refractivity contribution in [3.05, 3.63) is 11.7 Å². The molecule has 108 valence electrons. The van der Waals surface area contributed by atoms with Crippen molar-refractivity contribution < 1.29 is 17.7 Å². The molecule has 0 saturated heterocycles. The van der Waals surface area contributed by atoms with E-state index in [1.807, 2.05) is 6.92 Å². The molecule has 0 atom stereocenters. The van der Waals surface area contributed by atoms with Crippen molar-refractivity contribution in [2.24, 2.45) is 4.99 Å². The van der Waals surface area contributed by atoms with Crippen molar-refractivity contribution in [3.63, 3.8) is 0 Å². The van der Waals surface area contributed by atoms with Crippen LogP contribution in [0, 0.1) is 6.92 Å². The molecule has 0 aliphatic rings. The van der Waals surface area contributed by atoms with Gasteiger partial charge in [-0.2, -0.15) is 18.2 Å². The molecule has 2 N–H and O–H groups in total. The Morgan fingerprint density at radius 3 is 2.63 bits per heavy atom. The van der Waals surface area contributed by atoms with Crippen LogP contribution in [-0.2, 0) is 6.54 Å². The fraction of sp³-hybridized carbons (Fsp3) is 0.700. The van der Waals surface area contributed by atoms with Gasteiger partial charge in [-0.25, -0.2) is 4.99 Å². The summed E-state index contributed by atoms with van der Waals surface area (Å²) in [6.07, 6.45) is -5.11. The van der Waals surface area contributed by atoms with Crippen LogP contribution in [0.15, 0.2) is 9.52 Å². The second-order valence-corrected chi connectivity index (χ2v) is 3.72. The summed E-state index contributed by atoms with van der Waals surface area (Å²) in [5.74, 6) is 1.08. The standard InChI is InChI=1S/C10H16F3N5O/c1-3-14-9(15-5-4-10(11,12)13)16-6-8-17-7(2)18-19-8/h3-6H2,1-2H3,(H2,14,15,16). The van der Waals surface area contributed by atoms with Crippen LogP contribution in [0.5, 0.6) is 0 Å². The van der Waals surface area contributed by atoms with Crippen molar-refractivity contribution in [1.82, 2.24) is 20.8 Å². The largest absolute Gasteiger partial charge is 0.390 e. The van der Waals surface area contributed by atoms with Gasteiger partial charge in [-0.3, -0.25) is 0 Å². The van der Waals surface area contributed by atoms with Crippen molar-refractivity contribution >= 4 is 5.96 Å². The number of rotatable bonds is 5. The number of aromatic nitrogens is 2. The number of nitrogens with zero attached hydrogens (tertiary/aromatic N) is 3. The molecule has 1 aromatic rings. The van der Waals surface area contributed by atoms with Gasteiger partial charge in [0, 0.05) is 13.1 Å². The monoisotopic (exact) mass is 279 g/mol. The van der Waals surface area contributed by atoms with E-state index in [4.69, 9.17) is 4.52 Å². The van der Waals surface area contributed by atoms with Crippen LogP contribution < -0.4 is 10.6 Å². The number of aryl methyl sites for hydroxylation is 1. The Morgan fingerprint density at radius 2 is 2.11 bits per heavy atom. The number of hydrogen-bond acceptors (Lipinski definition) is 4. The quantitative estimate of drug-likeness (QED) is 0.629. The normalized spacial score (nSPS) is 12.6. The summed E-state index contributed by atoms with van der Waals surface area (Å²) in [7, 11) is 0. The number of aliphatic imine (C=N–C) groups is 1. The lowest BCUT2D eigenvalue weighted by Gasteiger charge is -2.11. The molecule has 1 aromatic heterocycles. The molecule has 0 aliphatic carbocycles. The molecule has 0 fully saturated rings. The highest BCUT2D eigenvalue weighted by Crippen LogP contribution is 2.18. The molecule has 9 heteroatoms. The topological polar surface area (TPSA) is 75.3 Å². The fourth-order valence-electron chi connectivity index (χ4n) is 1.22. The van der Waals surface area contributed by atoms with Crippen LogP contribution in [0.1, 0.15) is 25.1 Å². The van der Waals surface area contributed by atoms with Crippen molar-refractivity contribution in [2.45, 2.75) is 33.0 Å². The SMILES string of the molecule is CCNC(=NCc1nc(C)no1)NCCC(F)(F)F. The van der Waals surface area contributed by atoms with E-state index in [9.17, 15) is 13.2 Å². The van der Waals surface area contributed by atoms with E-state index in [2.05, 4.69) is 25.8 Å². The minimum atomic E-state index is -4.19. The van der Waals surface area contributed by atoms with Gasteiger partial charge in [-0.05, 0) is 13.8 Å². The van der Waals surface area contributed by atoms with Crippen LogP contribution in [0.25, 0.3) is 0 Å². The van der Waals surface area contributed by atoms with Gasteiger partial charge in [0.25, 0.3) is 0 Å². The zero-order chi connectivity index (χ0) is 14.3. The molecule has 0 saturated carbocycles. The van der Waals surface area contributed by atoms with Gasteiger partial charge in [0.05, 0.1) is 6.42 Å². The number of guanidine groups is 1. The van der Waals surface area contributed by atoms with E-state index < -0.39 is 12.6 Å². The smallest absolute Gasteiger partial charge is 0.357 e. The summed E-state index contributed by atoms with van der Waals surface area (Å²) < 4.78 is 40.9. The highest BCUT2D eigenvalue weighted by molar-refractivity contribution is 5.79. The van der Waals surface area contributed by atoms with E-state index in [0.29, 0.717) is 18.3 Å². The maximum absolute atomic E-state index is 12.0. The molecule has 0 unspecified atom stereocenters. The lowest BCUT2D eigenvalue weighted by Crippen LogP contribution is -2.38. The molecule has 0 bridgehead atoms. The third-order valence-corrected chi connectivity index (χ3v) is 1.99. The highest BCUT2D eigenvalue weighted by Gasteiger charge is 2.26. The molecule has 1 heterocycles. The van der Waals surface area contributed by atoms with Crippen LogP contribution in [0.2, 0.25) is 0 Å². The molecular formula is C10H16F3N5O. The second-order valence-electron chi connectivity index (χ2n) is 3.72. The van der Waals surface area contributed by atoms with Crippen molar-refractivity contribution in [1.29, 1.82) is 0 Å². The lowest BCUT2D eigenvalue weighted by molar-refractivity contribution is -0.132. The van der Waals surface area contributed by atoms with Gasteiger partial charge in [-0.1, -0.05) is 5.16 Å². The minimum Gasteiger partial charge on any atom is -0.357 e. The summed E-state index contributed by atoms with van der Waals surface area (Å²) in [5, 5.41) is 9.00. The van der Waals surface area contributed by atoms with Crippen molar-refractivity contribution in [3.8, 4) is 0 Å². The van der Waals surface area contributed by atoms with E-state index in [1.165, 1.54) is 0 Å². The molecule has 0 radical (unpaired) electrons. The number of alkyl halides is 3. The molecule has 0 aromatic carbocycles.